The Morgan fingerprint density at radius 3 is 3.18 bits per heavy atom. The average Bonchev–Trinajstić information content (AvgIpc) is 2.80. The Kier molecular flexibility index (Phi) is 4.48. The molecule has 0 aromatic carbocycles. The van der Waals surface area contributed by atoms with Crippen molar-refractivity contribution in [1.82, 2.24) is 10.6 Å². The molecule has 2 atom stereocenters. The third kappa shape index (κ3) is 3.03. The highest BCUT2D eigenvalue weighted by Gasteiger charge is 2.24. The normalized spacial score (nSPS) is 24.6. The molecule has 1 aromatic rings. The van der Waals surface area contributed by atoms with Crippen LogP contribution >= 0.6 is 23.1 Å². The van der Waals surface area contributed by atoms with Crippen molar-refractivity contribution in [2.24, 2.45) is 5.92 Å². The van der Waals surface area contributed by atoms with Crippen molar-refractivity contribution in [2.75, 3.05) is 19.3 Å². The van der Waals surface area contributed by atoms with Gasteiger partial charge in [0.2, 0.25) is 0 Å². The van der Waals surface area contributed by atoms with Crippen LogP contribution in [0.3, 0.4) is 0 Å². The number of thiophene rings is 1. The molecular formula is C12H18N2OS2. The third-order valence-electron chi connectivity index (χ3n) is 3.20. The Morgan fingerprint density at radius 2 is 2.47 bits per heavy atom. The van der Waals surface area contributed by atoms with Crippen LogP contribution in [0, 0.1) is 5.92 Å². The van der Waals surface area contributed by atoms with Crippen molar-refractivity contribution in [2.45, 2.75) is 24.3 Å². The molecule has 1 saturated heterocycles. The molecule has 0 radical (unpaired) electrons. The number of carbonyl (C=O) groups is 1. The standard InChI is InChI=1S/C12H18N2OS2/c1-8-3-5-13-7-9(8)14-12(15)11-10(16-2)4-6-17-11/h4,6,8-9,13H,3,5,7H2,1-2H3,(H,14,15). The molecule has 1 fully saturated rings. The first-order valence-corrected chi connectivity index (χ1v) is 7.96. The Hall–Kier alpha value is -0.520. The number of hydrogen-bond donors (Lipinski definition) is 2. The molecule has 5 heteroatoms. The van der Waals surface area contributed by atoms with Gasteiger partial charge in [-0.15, -0.1) is 23.1 Å². The van der Waals surface area contributed by atoms with Crippen molar-refractivity contribution in [1.29, 1.82) is 0 Å². The lowest BCUT2D eigenvalue weighted by molar-refractivity contribution is 0.0917. The Morgan fingerprint density at radius 1 is 1.65 bits per heavy atom. The van der Waals surface area contributed by atoms with Crippen molar-refractivity contribution < 1.29 is 4.79 Å². The third-order valence-corrected chi connectivity index (χ3v) is 5.02. The molecular weight excluding hydrogens is 252 g/mol. The topological polar surface area (TPSA) is 41.1 Å². The number of carbonyl (C=O) groups excluding carboxylic acids is 1. The summed E-state index contributed by atoms with van der Waals surface area (Å²) in [6, 6.07) is 2.26. The van der Waals surface area contributed by atoms with Gasteiger partial charge in [-0.1, -0.05) is 6.92 Å². The molecule has 1 aromatic heterocycles. The predicted molar refractivity (Wildman–Crippen MR) is 74.0 cm³/mol. The summed E-state index contributed by atoms with van der Waals surface area (Å²) < 4.78 is 0. The van der Waals surface area contributed by atoms with E-state index in [2.05, 4.69) is 17.6 Å². The van der Waals surface area contributed by atoms with Gasteiger partial charge < -0.3 is 10.6 Å². The molecule has 17 heavy (non-hydrogen) atoms. The lowest BCUT2D eigenvalue weighted by atomic mass is 9.95. The van der Waals surface area contributed by atoms with E-state index in [0.29, 0.717) is 5.92 Å². The van der Waals surface area contributed by atoms with Gasteiger partial charge in [0, 0.05) is 17.5 Å². The number of hydrogen-bond acceptors (Lipinski definition) is 4. The van der Waals surface area contributed by atoms with Crippen molar-refractivity contribution in [3.05, 3.63) is 16.3 Å². The fraction of sp³-hybridized carbons (Fsp3) is 0.583. The van der Waals surface area contributed by atoms with Crippen molar-refractivity contribution in [3.8, 4) is 0 Å². The van der Waals surface area contributed by atoms with Gasteiger partial charge in [0.25, 0.3) is 5.91 Å². The highest BCUT2D eigenvalue weighted by Crippen LogP contribution is 2.25. The molecule has 1 amide bonds. The highest BCUT2D eigenvalue weighted by atomic mass is 32.2. The second kappa shape index (κ2) is 5.89. The summed E-state index contributed by atoms with van der Waals surface area (Å²) in [5.74, 6) is 0.628. The number of nitrogens with one attached hydrogen (secondary N) is 2. The summed E-state index contributed by atoms with van der Waals surface area (Å²) in [5.41, 5.74) is 0. The first-order valence-electron chi connectivity index (χ1n) is 5.85. The van der Waals surface area contributed by atoms with Gasteiger partial charge in [-0.05, 0) is 36.6 Å². The molecule has 2 rings (SSSR count). The summed E-state index contributed by atoms with van der Waals surface area (Å²) >= 11 is 3.15. The van der Waals surface area contributed by atoms with Crippen LogP contribution in [0.25, 0.3) is 0 Å². The number of piperidine rings is 1. The predicted octanol–water partition coefficient (Wildman–Crippen LogP) is 2.20. The van der Waals surface area contributed by atoms with Crippen LogP contribution in [0.1, 0.15) is 23.0 Å². The molecule has 3 nitrogen and oxygen atoms in total. The maximum Gasteiger partial charge on any atom is 0.262 e. The van der Waals surface area contributed by atoms with E-state index in [1.54, 1.807) is 11.8 Å². The largest absolute Gasteiger partial charge is 0.347 e. The zero-order chi connectivity index (χ0) is 12.3. The maximum atomic E-state index is 12.2. The smallest absolute Gasteiger partial charge is 0.262 e. The SMILES string of the molecule is CSc1ccsc1C(=O)NC1CNCCC1C. The highest BCUT2D eigenvalue weighted by molar-refractivity contribution is 7.98. The van der Waals surface area contributed by atoms with Crippen LogP contribution in [-0.4, -0.2) is 31.3 Å². The van der Waals surface area contributed by atoms with Crippen LogP contribution in [0.15, 0.2) is 16.3 Å². The van der Waals surface area contributed by atoms with Crippen LogP contribution < -0.4 is 10.6 Å². The molecule has 2 heterocycles. The zero-order valence-electron chi connectivity index (χ0n) is 10.2. The Balaban J connectivity index is 2.01. The minimum absolute atomic E-state index is 0.0740. The fourth-order valence-corrected chi connectivity index (χ4v) is 3.69. The van der Waals surface area contributed by atoms with E-state index in [0.717, 1.165) is 29.3 Å². The van der Waals surface area contributed by atoms with Gasteiger partial charge in [0.1, 0.15) is 4.88 Å². The van der Waals surface area contributed by atoms with Gasteiger partial charge in [0.15, 0.2) is 0 Å². The first kappa shape index (κ1) is 12.9. The summed E-state index contributed by atoms with van der Waals surface area (Å²) in [6.45, 7) is 4.14. The molecule has 0 spiro atoms. The van der Waals surface area contributed by atoms with Crippen molar-refractivity contribution in [3.63, 3.8) is 0 Å². The number of amides is 1. The minimum Gasteiger partial charge on any atom is -0.347 e. The minimum atomic E-state index is 0.0740. The van der Waals surface area contributed by atoms with E-state index in [-0.39, 0.29) is 11.9 Å². The number of thioether (sulfide) groups is 1. The van der Waals surface area contributed by atoms with Crippen LogP contribution in [0.2, 0.25) is 0 Å². The molecule has 0 saturated carbocycles. The Bertz CT molecular complexity index is 392. The quantitative estimate of drug-likeness (QED) is 0.827. The van der Waals surface area contributed by atoms with Gasteiger partial charge in [-0.2, -0.15) is 0 Å². The van der Waals surface area contributed by atoms with E-state index < -0.39 is 0 Å². The lowest BCUT2D eigenvalue weighted by Crippen LogP contribution is -2.50. The second-order valence-electron chi connectivity index (χ2n) is 4.37. The van der Waals surface area contributed by atoms with E-state index in [9.17, 15) is 4.79 Å². The van der Waals surface area contributed by atoms with E-state index in [4.69, 9.17) is 0 Å². The second-order valence-corrected chi connectivity index (χ2v) is 6.13. The van der Waals surface area contributed by atoms with Crippen LogP contribution in [-0.2, 0) is 0 Å². The summed E-state index contributed by atoms with van der Waals surface area (Å²) in [5, 5.41) is 8.44. The van der Waals surface area contributed by atoms with E-state index in [1.165, 1.54) is 11.3 Å². The molecule has 1 aliphatic rings. The lowest BCUT2D eigenvalue weighted by Gasteiger charge is -2.30. The van der Waals surface area contributed by atoms with Gasteiger partial charge in [0.05, 0.1) is 0 Å². The van der Waals surface area contributed by atoms with Gasteiger partial charge >= 0.3 is 0 Å². The van der Waals surface area contributed by atoms with Crippen LogP contribution in [0.4, 0.5) is 0 Å². The monoisotopic (exact) mass is 270 g/mol. The van der Waals surface area contributed by atoms with Gasteiger partial charge in [-0.25, -0.2) is 0 Å². The summed E-state index contributed by atoms with van der Waals surface area (Å²) in [7, 11) is 0. The van der Waals surface area contributed by atoms with Crippen LogP contribution in [0.5, 0.6) is 0 Å². The zero-order valence-corrected chi connectivity index (χ0v) is 11.8. The van der Waals surface area contributed by atoms with Gasteiger partial charge in [-0.3, -0.25) is 4.79 Å². The fourth-order valence-electron chi connectivity index (χ4n) is 2.04. The molecule has 1 aliphatic heterocycles. The molecule has 94 valence electrons. The molecule has 2 N–H and O–H groups in total. The molecule has 0 aliphatic carbocycles. The average molecular weight is 270 g/mol. The van der Waals surface area contributed by atoms with Crippen molar-refractivity contribution >= 4 is 29.0 Å². The first-order chi connectivity index (χ1) is 8.22. The maximum absolute atomic E-state index is 12.2. The number of rotatable bonds is 3. The summed E-state index contributed by atoms with van der Waals surface area (Å²) in [4.78, 5) is 14.1. The van der Waals surface area contributed by atoms with E-state index >= 15 is 0 Å². The Labute approximate surface area is 110 Å². The molecule has 2 unspecified atom stereocenters. The summed E-state index contributed by atoms with van der Waals surface area (Å²) in [6.07, 6.45) is 3.13. The molecule has 0 bridgehead atoms. The van der Waals surface area contributed by atoms with E-state index in [1.807, 2.05) is 17.7 Å².